The van der Waals surface area contributed by atoms with Gasteiger partial charge in [-0.1, -0.05) is 28.9 Å². The van der Waals surface area contributed by atoms with Gasteiger partial charge in [-0.15, -0.1) is 0 Å². The molecule has 0 aliphatic heterocycles. The molecule has 0 fully saturated rings. The van der Waals surface area contributed by atoms with Crippen LogP contribution in [0.1, 0.15) is 49.4 Å². The molecule has 1 heterocycles. The second-order valence-corrected chi connectivity index (χ2v) is 5.91. The van der Waals surface area contributed by atoms with E-state index in [9.17, 15) is 0 Å². The van der Waals surface area contributed by atoms with Crippen LogP contribution in [0.5, 0.6) is 0 Å². The maximum absolute atomic E-state index is 4.78. The number of fused-ring (bicyclic) bond motifs is 1. The lowest BCUT2D eigenvalue weighted by Gasteiger charge is -2.15. The van der Waals surface area contributed by atoms with Crippen molar-refractivity contribution in [1.82, 2.24) is 9.55 Å². The average molecular weight is 295 g/mol. The Labute approximate surface area is 111 Å². The Morgan fingerprint density at radius 1 is 1.35 bits per heavy atom. The van der Waals surface area contributed by atoms with Crippen LogP contribution in [-0.4, -0.2) is 9.55 Å². The monoisotopic (exact) mass is 294 g/mol. The van der Waals surface area contributed by atoms with E-state index < -0.39 is 0 Å². The van der Waals surface area contributed by atoms with Crippen molar-refractivity contribution in [2.75, 3.05) is 0 Å². The van der Waals surface area contributed by atoms with Gasteiger partial charge in [-0.05, 0) is 44.9 Å². The zero-order valence-corrected chi connectivity index (χ0v) is 12.5. The number of nitrogens with zero attached hydrogens (tertiary/aromatic N) is 2. The van der Waals surface area contributed by atoms with Crippen molar-refractivity contribution in [3.05, 3.63) is 29.6 Å². The van der Waals surface area contributed by atoms with E-state index in [1.165, 1.54) is 11.1 Å². The number of halogens is 1. The van der Waals surface area contributed by atoms with Crippen molar-refractivity contribution >= 4 is 27.0 Å². The minimum Gasteiger partial charge on any atom is -0.324 e. The molecule has 92 valence electrons. The van der Waals surface area contributed by atoms with Crippen molar-refractivity contribution in [3.8, 4) is 0 Å². The first kappa shape index (κ1) is 12.6. The van der Waals surface area contributed by atoms with Gasteiger partial charge in [0.1, 0.15) is 5.82 Å². The highest BCUT2D eigenvalue weighted by molar-refractivity contribution is 9.09. The Morgan fingerprint density at radius 2 is 2.06 bits per heavy atom. The first-order valence-electron chi connectivity index (χ1n) is 6.17. The van der Waals surface area contributed by atoms with Crippen molar-refractivity contribution in [2.45, 2.75) is 45.0 Å². The lowest BCUT2D eigenvalue weighted by atomic mass is 10.2. The molecule has 0 radical (unpaired) electrons. The van der Waals surface area contributed by atoms with E-state index in [1.807, 2.05) is 0 Å². The van der Waals surface area contributed by atoms with E-state index in [4.69, 9.17) is 4.98 Å². The highest BCUT2D eigenvalue weighted by atomic mass is 79.9. The fourth-order valence-corrected chi connectivity index (χ4v) is 2.50. The quantitative estimate of drug-likeness (QED) is 0.746. The summed E-state index contributed by atoms with van der Waals surface area (Å²) in [4.78, 5) is 5.11. The fraction of sp³-hybridized carbons (Fsp3) is 0.500. The molecular formula is C14H19BrN2. The van der Waals surface area contributed by atoms with Gasteiger partial charge in [0.05, 0.1) is 15.9 Å². The lowest BCUT2D eigenvalue weighted by Crippen LogP contribution is -2.07. The van der Waals surface area contributed by atoms with Gasteiger partial charge in [0, 0.05) is 6.04 Å². The third-order valence-corrected chi connectivity index (χ3v) is 4.08. The molecule has 0 saturated carbocycles. The van der Waals surface area contributed by atoms with Crippen molar-refractivity contribution in [2.24, 2.45) is 0 Å². The van der Waals surface area contributed by atoms with Crippen molar-refractivity contribution in [1.29, 1.82) is 0 Å². The Balaban J connectivity index is 2.70. The molecule has 0 aliphatic carbocycles. The standard InChI is InChI=1S/C14H19BrN2/c1-5-11(15)14-16-12-8-10(4)6-7-13(12)17(14)9(2)3/h6-9,11H,5H2,1-4H3. The minimum atomic E-state index is 0.331. The summed E-state index contributed by atoms with van der Waals surface area (Å²) in [5, 5.41) is 0. The van der Waals surface area contributed by atoms with Crippen LogP contribution in [0.2, 0.25) is 0 Å². The average Bonchev–Trinajstić information content (AvgIpc) is 2.66. The van der Waals surface area contributed by atoms with Crippen molar-refractivity contribution < 1.29 is 0 Å². The summed E-state index contributed by atoms with van der Waals surface area (Å²) >= 11 is 3.72. The van der Waals surface area contributed by atoms with Crippen LogP contribution in [0.3, 0.4) is 0 Å². The van der Waals surface area contributed by atoms with Gasteiger partial charge in [-0.2, -0.15) is 0 Å². The highest BCUT2D eigenvalue weighted by Gasteiger charge is 2.18. The van der Waals surface area contributed by atoms with Crippen LogP contribution >= 0.6 is 15.9 Å². The summed E-state index contributed by atoms with van der Waals surface area (Å²) < 4.78 is 2.33. The van der Waals surface area contributed by atoms with Crippen LogP contribution in [0.4, 0.5) is 0 Å². The van der Waals surface area contributed by atoms with Gasteiger partial charge in [-0.25, -0.2) is 4.98 Å². The number of benzene rings is 1. The molecule has 0 amide bonds. The van der Waals surface area contributed by atoms with Gasteiger partial charge in [0.2, 0.25) is 0 Å². The Morgan fingerprint density at radius 3 is 2.65 bits per heavy atom. The van der Waals surface area contributed by atoms with Crippen LogP contribution in [0.15, 0.2) is 18.2 Å². The molecule has 2 aromatic rings. The number of imidazole rings is 1. The molecule has 1 atom stereocenters. The third kappa shape index (κ3) is 2.25. The number of hydrogen-bond donors (Lipinski definition) is 0. The summed E-state index contributed by atoms with van der Waals surface area (Å²) in [6, 6.07) is 6.93. The number of alkyl halides is 1. The fourth-order valence-electron chi connectivity index (χ4n) is 2.17. The maximum atomic E-state index is 4.78. The van der Waals surface area contributed by atoms with Crippen LogP contribution in [0.25, 0.3) is 11.0 Å². The van der Waals surface area contributed by atoms with E-state index in [0.29, 0.717) is 10.9 Å². The molecule has 2 rings (SSSR count). The SMILES string of the molecule is CCC(Br)c1nc2cc(C)ccc2n1C(C)C. The molecular weight excluding hydrogens is 276 g/mol. The Hall–Kier alpha value is -0.830. The maximum Gasteiger partial charge on any atom is 0.123 e. The molecule has 0 N–H and O–H groups in total. The van der Waals surface area contributed by atoms with Gasteiger partial charge in [0.15, 0.2) is 0 Å². The second kappa shape index (κ2) is 4.81. The van der Waals surface area contributed by atoms with Gasteiger partial charge in [0.25, 0.3) is 0 Å². The zero-order valence-electron chi connectivity index (χ0n) is 10.9. The molecule has 0 bridgehead atoms. The van der Waals surface area contributed by atoms with E-state index >= 15 is 0 Å². The first-order valence-corrected chi connectivity index (χ1v) is 7.08. The lowest BCUT2D eigenvalue weighted by molar-refractivity contribution is 0.579. The van der Waals surface area contributed by atoms with Gasteiger partial charge >= 0.3 is 0 Å². The molecule has 1 unspecified atom stereocenters. The molecule has 3 heteroatoms. The molecule has 2 nitrogen and oxygen atoms in total. The highest BCUT2D eigenvalue weighted by Crippen LogP contribution is 2.31. The van der Waals surface area contributed by atoms with Gasteiger partial charge < -0.3 is 4.57 Å². The normalized spacial score (nSPS) is 13.5. The first-order chi connectivity index (χ1) is 8.04. The van der Waals surface area contributed by atoms with Gasteiger partial charge in [-0.3, -0.25) is 0 Å². The predicted octanol–water partition coefficient (Wildman–Crippen LogP) is 4.77. The summed E-state index contributed by atoms with van der Waals surface area (Å²) in [5.41, 5.74) is 3.60. The van der Waals surface area contributed by atoms with E-state index in [-0.39, 0.29) is 0 Å². The Bertz CT molecular complexity index is 528. The minimum absolute atomic E-state index is 0.331. The second-order valence-electron chi connectivity index (χ2n) is 4.80. The number of aryl methyl sites for hydroxylation is 1. The molecule has 1 aromatic heterocycles. The third-order valence-electron chi connectivity index (χ3n) is 3.03. The zero-order chi connectivity index (χ0) is 12.6. The molecule has 0 spiro atoms. The molecule has 17 heavy (non-hydrogen) atoms. The summed E-state index contributed by atoms with van der Waals surface area (Å²) in [6.07, 6.45) is 1.05. The number of hydrogen-bond acceptors (Lipinski definition) is 1. The predicted molar refractivity (Wildman–Crippen MR) is 76.8 cm³/mol. The number of rotatable bonds is 3. The van der Waals surface area contributed by atoms with E-state index in [1.54, 1.807) is 0 Å². The van der Waals surface area contributed by atoms with E-state index in [2.05, 4.69) is 66.4 Å². The largest absolute Gasteiger partial charge is 0.324 e. The van der Waals surface area contributed by atoms with Crippen LogP contribution in [-0.2, 0) is 0 Å². The summed E-state index contributed by atoms with van der Waals surface area (Å²) in [6.45, 7) is 8.70. The summed E-state index contributed by atoms with van der Waals surface area (Å²) in [5.74, 6) is 1.14. The smallest absolute Gasteiger partial charge is 0.123 e. The molecule has 0 saturated heterocycles. The summed E-state index contributed by atoms with van der Waals surface area (Å²) in [7, 11) is 0. The molecule has 1 aromatic carbocycles. The van der Waals surface area contributed by atoms with Crippen LogP contribution in [0, 0.1) is 6.92 Å². The number of aromatic nitrogens is 2. The Kier molecular flexibility index (Phi) is 3.57. The van der Waals surface area contributed by atoms with E-state index in [0.717, 1.165) is 17.8 Å². The van der Waals surface area contributed by atoms with Crippen molar-refractivity contribution in [3.63, 3.8) is 0 Å². The van der Waals surface area contributed by atoms with Crippen LogP contribution < -0.4 is 0 Å². The topological polar surface area (TPSA) is 17.8 Å². The molecule has 0 aliphatic rings.